The Balaban J connectivity index is 1.71. The zero-order chi connectivity index (χ0) is 19.1. The summed E-state index contributed by atoms with van der Waals surface area (Å²) in [6.45, 7) is 2.20. The molecule has 2 heteroatoms. The molecule has 0 heterocycles. The van der Waals surface area contributed by atoms with Crippen molar-refractivity contribution in [2.75, 3.05) is 0 Å². The van der Waals surface area contributed by atoms with Gasteiger partial charge in [-0.2, -0.15) is 0 Å². The Labute approximate surface area is 159 Å². The van der Waals surface area contributed by atoms with Crippen LogP contribution < -0.4 is 0 Å². The first-order chi connectivity index (χ1) is 13.2. The van der Waals surface area contributed by atoms with E-state index in [1.807, 2.05) is 12.1 Å². The largest absolute Gasteiger partial charge is 0.207 e. The van der Waals surface area contributed by atoms with E-state index in [4.69, 9.17) is 0 Å². The van der Waals surface area contributed by atoms with Crippen LogP contribution in [0.2, 0.25) is 0 Å². The summed E-state index contributed by atoms with van der Waals surface area (Å²) >= 11 is 0. The molecule has 0 atom stereocenters. The molecule has 0 bridgehead atoms. The molecule has 0 aliphatic carbocycles. The number of hydrogen-bond donors (Lipinski definition) is 0. The van der Waals surface area contributed by atoms with Gasteiger partial charge >= 0.3 is 0 Å². The number of hydrogen-bond acceptors (Lipinski definition) is 0. The minimum atomic E-state index is -0.361. The molecule has 0 spiro atoms. The SMILES string of the molecule is CCCCCc1ccc(C#Cc2ccc(-c3ccc(F)cc3)c(F)c2)cc1. The lowest BCUT2D eigenvalue weighted by atomic mass is 10.0. The van der Waals surface area contributed by atoms with Gasteiger partial charge in [0.05, 0.1) is 0 Å². The number of benzene rings is 3. The summed E-state index contributed by atoms with van der Waals surface area (Å²) in [6.07, 6.45) is 4.78. The maximum absolute atomic E-state index is 14.4. The second-order valence-electron chi connectivity index (χ2n) is 6.61. The molecule has 3 rings (SSSR count). The Morgan fingerprint density at radius 1 is 0.741 bits per heavy atom. The molecule has 0 saturated carbocycles. The fraction of sp³-hybridized carbons (Fsp3) is 0.200. The van der Waals surface area contributed by atoms with Crippen LogP contribution in [0.3, 0.4) is 0 Å². The van der Waals surface area contributed by atoms with Crippen molar-refractivity contribution in [1.29, 1.82) is 0 Å². The van der Waals surface area contributed by atoms with Gasteiger partial charge in [0.25, 0.3) is 0 Å². The molecule has 0 aliphatic heterocycles. The summed E-state index contributed by atoms with van der Waals surface area (Å²) in [5, 5.41) is 0. The highest BCUT2D eigenvalue weighted by atomic mass is 19.1. The van der Waals surface area contributed by atoms with Gasteiger partial charge in [-0.05, 0) is 60.4 Å². The van der Waals surface area contributed by atoms with E-state index in [2.05, 4.69) is 30.9 Å². The predicted octanol–water partition coefficient (Wildman–Crippen LogP) is 6.76. The van der Waals surface area contributed by atoms with E-state index < -0.39 is 0 Å². The maximum Gasteiger partial charge on any atom is 0.132 e. The second-order valence-corrected chi connectivity index (χ2v) is 6.61. The fourth-order valence-corrected chi connectivity index (χ4v) is 2.93. The molecule has 0 aliphatic rings. The summed E-state index contributed by atoms with van der Waals surface area (Å²) in [7, 11) is 0. The highest BCUT2D eigenvalue weighted by molar-refractivity contribution is 5.65. The molecule has 136 valence electrons. The van der Waals surface area contributed by atoms with E-state index in [-0.39, 0.29) is 11.6 Å². The topological polar surface area (TPSA) is 0 Å². The smallest absolute Gasteiger partial charge is 0.132 e. The molecule has 0 radical (unpaired) electrons. The first kappa shape index (κ1) is 18.9. The average Bonchev–Trinajstić information content (AvgIpc) is 2.68. The van der Waals surface area contributed by atoms with Crippen molar-refractivity contribution in [2.45, 2.75) is 32.6 Å². The Hall–Kier alpha value is -2.92. The third-order valence-corrected chi connectivity index (χ3v) is 4.50. The molecule has 0 fully saturated rings. The number of halogens is 2. The lowest BCUT2D eigenvalue weighted by Gasteiger charge is -2.04. The summed E-state index contributed by atoms with van der Waals surface area (Å²) < 4.78 is 27.4. The van der Waals surface area contributed by atoms with Gasteiger partial charge in [0.2, 0.25) is 0 Å². The van der Waals surface area contributed by atoms with Crippen LogP contribution in [0, 0.1) is 23.5 Å². The fourth-order valence-electron chi connectivity index (χ4n) is 2.93. The van der Waals surface area contributed by atoms with Gasteiger partial charge in [0.1, 0.15) is 11.6 Å². The van der Waals surface area contributed by atoms with Crippen LogP contribution in [0.25, 0.3) is 11.1 Å². The third kappa shape index (κ3) is 5.28. The van der Waals surface area contributed by atoms with Crippen molar-refractivity contribution in [1.82, 2.24) is 0 Å². The first-order valence-corrected chi connectivity index (χ1v) is 9.32. The molecule has 0 saturated heterocycles. The zero-order valence-electron chi connectivity index (χ0n) is 15.4. The molecule has 0 aromatic heterocycles. The Bertz CT molecular complexity index is 942. The van der Waals surface area contributed by atoms with Gasteiger partial charge in [0, 0.05) is 16.7 Å². The molecule has 0 nitrogen and oxygen atoms in total. The van der Waals surface area contributed by atoms with Crippen LogP contribution in [0.4, 0.5) is 8.78 Å². The average molecular weight is 360 g/mol. The van der Waals surface area contributed by atoms with Crippen LogP contribution in [-0.2, 0) is 6.42 Å². The van der Waals surface area contributed by atoms with Crippen LogP contribution in [0.5, 0.6) is 0 Å². The van der Waals surface area contributed by atoms with Crippen LogP contribution in [0.1, 0.15) is 42.9 Å². The van der Waals surface area contributed by atoms with Crippen molar-refractivity contribution in [3.8, 4) is 23.0 Å². The number of unbranched alkanes of at least 4 members (excludes halogenated alkanes) is 2. The van der Waals surface area contributed by atoms with E-state index in [1.165, 1.54) is 43.0 Å². The monoisotopic (exact) mass is 360 g/mol. The van der Waals surface area contributed by atoms with E-state index >= 15 is 0 Å². The Morgan fingerprint density at radius 2 is 1.41 bits per heavy atom. The Kier molecular flexibility index (Phi) is 6.39. The van der Waals surface area contributed by atoms with E-state index in [0.29, 0.717) is 16.7 Å². The van der Waals surface area contributed by atoms with Crippen molar-refractivity contribution in [3.05, 3.63) is 95.1 Å². The quantitative estimate of drug-likeness (QED) is 0.348. The second kappa shape index (κ2) is 9.14. The molecule has 0 unspecified atom stereocenters. The first-order valence-electron chi connectivity index (χ1n) is 9.32. The van der Waals surface area contributed by atoms with Gasteiger partial charge < -0.3 is 0 Å². The third-order valence-electron chi connectivity index (χ3n) is 4.50. The van der Waals surface area contributed by atoms with Crippen molar-refractivity contribution < 1.29 is 8.78 Å². The van der Waals surface area contributed by atoms with Crippen molar-refractivity contribution >= 4 is 0 Å². The molecule has 3 aromatic carbocycles. The van der Waals surface area contributed by atoms with Gasteiger partial charge in [-0.25, -0.2) is 8.78 Å². The molecular formula is C25H22F2. The highest BCUT2D eigenvalue weighted by Crippen LogP contribution is 2.23. The molecule has 3 aromatic rings. The van der Waals surface area contributed by atoms with E-state index in [0.717, 1.165) is 12.0 Å². The van der Waals surface area contributed by atoms with E-state index in [1.54, 1.807) is 24.3 Å². The van der Waals surface area contributed by atoms with Crippen molar-refractivity contribution in [3.63, 3.8) is 0 Å². The summed E-state index contributed by atoms with van der Waals surface area (Å²) in [6, 6.07) is 18.9. The lowest BCUT2D eigenvalue weighted by Crippen LogP contribution is -1.87. The summed E-state index contributed by atoms with van der Waals surface area (Å²) in [4.78, 5) is 0. The van der Waals surface area contributed by atoms with E-state index in [9.17, 15) is 8.78 Å². The minimum absolute atomic E-state index is 0.335. The summed E-state index contributed by atoms with van der Waals surface area (Å²) in [5.74, 6) is 5.40. The standard InChI is InChI=1S/C25H22F2/c1-2-3-4-5-19-6-8-20(9-7-19)10-11-21-12-17-24(25(27)18-21)22-13-15-23(26)16-14-22/h6-9,12-18H,2-5H2,1H3. The summed E-state index contributed by atoms with van der Waals surface area (Å²) in [5.41, 5.74) is 3.94. The van der Waals surface area contributed by atoms with Crippen LogP contribution in [-0.4, -0.2) is 0 Å². The maximum atomic E-state index is 14.4. The zero-order valence-corrected chi connectivity index (χ0v) is 15.4. The Morgan fingerprint density at radius 3 is 2.07 bits per heavy atom. The highest BCUT2D eigenvalue weighted by Gasteiger charge is 2.05. The molecule has 27 heavy (non-hydrogen) atoms. The number of rotatable bonds is 5. The molecular weight excluding hydrogens is 338 g/mol. The lowest BCUT2D eigenvalue weighted by molar-refractivity contribution is 0.625. The van der Waals surface area contributed by atoms with Crippen LogP contribution >= 0.6 is 0 Å². The van der Waals surface area contributed by atoms with Gasteiger partial charge in [-0.1, -0.05) is 61.9 Å². The van der Waals surface area contributed by atoms with Crippen molar-refractivity contribution in [2.24, 2.45) is 0 Å². The van der Waals surface area contributed by atoms with Crippen LogP contribution in [0.15, 0.2) is 66.7 Å². The normalized spacial score (nSPS) is 10.3. The van der Waals surface area contributed by atoms with Gasteiger partial charge in [0.15, 0.2) is 0 Å². The van der Waals surface area contributed by atoms with Gasteiger partial charge in [-0.15, -0.1) is 0 Å². The predicted molar refractivity (Wildman–Crippen MR) is 107 cm³/mol. The number of aryl methyl sites for hydroxylation is 1. The minimum Gasteiger partial charge on any atom is -0.207 e. The van der Waals surface area contributed by atoms with Gasteiger partial charge in [-0.3, -0.25) is 0 Å². The molecule has 0 N–H and O–H groups in total. The molecule has 0 amide bonds.